The van der Waals surface area contributed by atoms with Gasteiger partial charge in [-0.25, -0.2) is 9.78 Å². The van der Waals surface area contributed by atoms with Crippen LogP contribution in [0.25, 0.3) is 0 Å². The largest absolute Gasteiger partial charge is 0.480 e. The second-order valence-electron chi connectivity index (χ2n) is 5.26. The number of carbonyl (C=O) groups is 3. The maximum absolute atomic E-state index is 12.2. The van der Waals surface area contributed by atoms with Crippen LogP contribution in [0.3, 0.4) is 0 Å². The molecule has 3 unspecified atom stereocenters. The minimum atomic E-state index is -1.18. The Balaban J connectivity index is 2.04. The number of hydrogen-bond donors (Lipinski definition) is 4. The molecule has 1 aromatic rings. The lowest BCUT2D eigenvalue weighted by Crippen LogP contribution is -2.51. The average molecular weight is 310 g/mol. The van der Waals surface area contributed by atoms with Gasteiger partial charge in [-0.15, -0.1) is 0 Å². The number of amides is 2. The molecule has 2 amide bonds. The molecule has 1 aromatic heterocycles. The molecule has 0 aliphatic carbocycles. The number of carboxylic acids is 1. The van der Waals surface area contributed by atoms with E-state index in [2.05, 4.69) is 15.3 Å². The van der Waals surface area contributed by atoms with Gasteiger partial charge in [-0.2, -0.15) is 0 Å². The van der Waals surface area contributed by atoms with Crippen molar-refractivity contribution in [1.29, 1.82) is 0 Å². The number of rotatable bonds is 5. The summed E-state index contributed by atoms with van der Waals surface area (Å²) < 4.78 is 0. The highest BCUT2D eigenvalue weighted by atomic mass is 16.4. The van der Waals surface area contributed by atoms with E-state index in [0.717, 1.165) is 0 Å². The standard InChI is InChI=1S/C13H18N4O5/c1-7(18)17-5-9(19)3-11(17)12(20)16-10(13(21)22)2-8-4-14-6-15-8/h4,6,9-11,19H,2-3,5H2,1H3,(H,14,15)(H,16,20)(H,21,22). The molecule has 2 heterocycles. The summed E-state index contributed by atoms with van der Waals surface area (Å²) in [6.45, 7) is 1.38. The normalized spacial score (nSPS) is 22.4. The molecule has 0 bridgehead atoms. The molecule has 1 aliphatic heterocycles. The van der Waals surface area contributed by atoms with Crippen molar-refractivity contribution < 1.29 is 24.6 Å². The van der Waals surface area contributed by atoms with Crippen LogP contribution in [0.2, 0.25) is 0 Å². The molecule has 120 valence electrons. The Morgan fingerprint density at radius 1 is 1.55 bits per heavy atom. The predicted octanol–water partition coefficient (Wildman–Crippen LogP) is -1.50. The molecule has 9 heteroatoms. The molecule has 0 radical (unpaired) electrons. The number of aliphatic hydroxyl groups excluding tert-OH is 1. The number of aromatic nitrogens is 2. The van der Waals surface area contributed by atoms with Gasteiger partial charge in [0.25, 0.3) is 0 Å². The van der Waals surface area contributed by atoms with E-state index in [4.69, 9.17) is 0 Å². The van der Waals surface area contributed by atoms with Crippen LogP contribution >= 0.6 is 0 Å². The van der Waals surface area contributed by atoms with Gasteiger partial charge in [-0.05, 0) is 0 Å². The van der Waals surface area contributed by atoms with Gasteiger partial charge in [-0.1, -0.05) is 0 Å². The molecular formula is C13H18N4O5. The summed E-state index contributed by atoms with van der Waals surface area (Å²) >= 11 is 0. The number of carboxylic acid groups (broad SMARTS) is 1. The van der Waals surface area contributed by atoms with Crippen LogP contribution in [0.15, 0.2) is 12.5 Å². The van der Waals surface area contributed by atoms with Gasteiger partial charge in [0, 0.05) is 38.2 Å². The van der Waals surface area contributed by atoms with E-state index < -0.39 is 30.1 Å². The van der Waals surface area contributed by atoms with E-state index in [-0.39, 0.29) is 25.3 Å². The van der Waals surface area contributed by atoms with E-state index >= 15 is 0 Å². The Kier molecular flexibility index (Phi) is 4.76. The molecule has 1 fully saturated rings. The van der Waals surface area contributed by atoms with Crippen molar-refractivity contribution in [3.8, 4) is 0 Å². The highest BCUT2D eigenvalue weighted by Gasteiger charge is 2.38. The number of β-amino-alcohol motifs (C(OH)–C–C–N with tert-alkyl or cyclic N) is 1. The van der Waals surface area contributed by atoms with Crippen LogP contribution in [-0.2, 0) is 20.8 Å². The van der Waals surface area contributed by atoms with Crippen LogP contribution in [0.1, 0.15) is 19.0 Å². The number of hydrogen-bond acceptors (Lipinski definition) is 5. The minimum absolute atomic E-state index is 0.0520. The number of likely N-dealkylation sites (tertiary alicyclic amines) is 1. The number of nitrogens with zero attached hydrogens (tertiary/aromatic N) is 2. The summed E-state index contributed by atoms with van der Waals surface area (Å²) in [6.07, 6.45) is 2.26. The van der Waals surface area contributed by atoms with Crippen LogP contribution in [-0.4, -0.2) is 67.6 Å². The van der Waals surface area contributed by atoms with Crippen LogP contribution < -0.4 is 5.32 Å². The van der Waals surface area contributed by atoms with Gasteiger partial charge in [0.15, 0.2) is 0 Å². The molecule has 2 rings (SSSR count). The molecule has 1 saturated heterocycles. The fraction of sp³-hybridized carbons (Fsp3) is 0.538. The van der Waals surface area contributed by atoms with Crippen LogP contribution in [0, 0.1) is 0 Å². The van der Waals surface area contributed by atoms with Crippen molar-refractivity contribution in [2.24, 2.45) is 0 Å². The molecule has 22 heavy (non-hydrogen) atoms. The van der Waals surface area contributed by atoms with Gasteiger partial charge in [0.05, 0.1) is 12.4 Å². The summed E-state index contributed by atoms with van der Waals surface area (Å²) in [4.78, 5) is 42.8. The van der Waals surface area contributed by atoms with Crippen molar-refractivity contribution in [2.45, 2.75) is 38.0 Å². The zero-order valence-electron chi connectivity index (χ0n) is 12.0. The predicted molar refractivity (Wildman–Crippen MR) is 73.7 cm³/mol. The summed E-state index contributed by atoms with van der Waals surface area (Å²) in [5.41, 5.74) is 0.572. The quantitative estimate of drug-likeness (QED) is 0.523. The molecule has 0 aromatic carbocycles. The Morgan fingerprint density at radius 2 is 2.27 bits per heavy atom. The first-order valence-electron chi connectivity index (χ1n) is 6.84. The third-order valence-electron chi connectivity index (χ3n) is 3.58. The Labute approximate surface area is 126 Å². The molecule has 1 aliphatic rings. The van der Waals surface area contributed by atoms with E-state index in [1.165, 1.54) is 24.3 Å². The molecule has 0 spiro atoms. The van der Waals surface area contributed by atoms with Gasteiger partial charge in [0.2, 0.25) is 11.8 Å². The van der Waals surface area contributed by atoms with Crippen LogP contribution in [0.4, 0.5) is 0 Å². The Hall–Kier alpha value is -2.42. The number of carbonyl (C=O) groups excluding carboxylic acids is 2. The smallest absolute Gasteiger partial charge is 0.326 e. The zero-order valence-corrected chi connectivity index (χ0v) is 12.0. The molecule has 4 N–H and O–H groups in total. The highest BCUT2D eigenvalue weighted by Crippen LogP contribution is 2.18. The third kappa shape index (κ3) is 3.61. The first-order chi connectivity index (χ1) is 10.4. The lowest BCUT2D eigenvalue weighted by molar-refractivity contribution is -0.143. The van der Waals surface area contributed by atoms with Crippen molar-refractivity contribution in [1.82, 2.24) is 20.2 Å². The molecule has 3 atom stereocenters. The number of H-pyrrole nitrogens is 1. The maximum Gasteiger partial charge on any atom is 0.326 e. The van der Waals surface area contributed by atoms with Gasteiger partial charge >= 0.3 is 5.97 Å². The number of imidazole rings is 1. The van der Waals surface area contributed by atoms with Crippen molar-refractivity contribution in [2.75, 3.05) is 6.54 Å². The van der Waals surface area contributed by atoms with E-state index in [9.17, 15) is 24.6 Å². The number of aliphatic hydroxyl groups is 1. The lowest BCUT2D eigenvalue weighted by Gasteiger charge is -2.23. The minimum Gasteiger partial charge on any atom is -0.480 e. The summed E-state index contributed by atoms with van der Waals surface area (Å²) in [7, 11) is 0. The fourth-order valence-electron chi connectivity index (χ4n) is 2.49. The summed E-state index contributed by atoms with van der Waals surface area (Å²) in [6, 6.07) is -1.99. The van der Waals surface area contributed by atoms with E-state index in [0.29, 0.717) is 5.69 Å². The second-order valence-corrected chi connectivity index (χ2v) is 5.26. The SMILES string of the molecule is CC(=O)N1CC(O)CC1C(=O)NC(Cc1cnc[nH]1)C(=O)O. The van der Waals surface area contributed by atoms with Gasteiger partial charge < -0.3 is 25.4 Å². The van der Waals surface area contributed by atoms with Crippen molar-refractivity contribution in [3.05, 3.63) is 18.2 Å². The molecule has 9 nitrogen and oxygen atoms in total. The summed E-state index contributed by atoms with van der Waals surface area (Å²) in [5, 5.41) is 21.2. The molecule has 0 saturated carbocycles. The van der Waals surface area contributed by atoms with E-state index in [1.54, 1.807) is 0 Å². The highest BCUT2D eigenvalue weighted by molar-refractivity contribution is 5.90. The monoisotopic (exact) mass is 310 g/mol. The Bertz CT molecular complexity index is 559. The topological polar surface area (TPSA) is 136 Å². The second kappa shape index (κ2) is 6.56. The number of nitrogens with one attached hydrogen (secondary N) is 2. The lowest BCUT2D eigenvalue weighted by atomic mass is 10.1. The number of aliphatic carboxylic acids is 1. The van der Waals surface area contributed by atoms with Crippen LogP contribution in [0.5, 0.6) is 0 Å². The Morgan fingerprint density at radius 3 is 2.82 bits per heavy atom. The summed E-state index contributed by atoms with van der Waals surface area (Å²) in [5.74, 6) is -2.10. The average Bonchev–Trinajstić information content (AvgIpc) is 3.06. The zero-order chi connectivity index (χ0) is 16.3. The van der Waals surface area contributed by atoms with Crippen molar-refractivity contribution >= 4 is 17.8 Å². The van der Waals surface area contributed by atoms with Crippen molar-refractivity contribution in [3.63, 3.8) is 0 Å². The first-order valence-corrected chi connectivity index (χ1v) is 6.84. The van der Waals surface area contributed by atoms with Gasteiger partial charge in [0.1, 0.15) is 12.1 Å². The van der Waals surface area contributed by atoms with E-state index in [1.807, 2.05) is 0 Å². The third-order valence-corrected chi connectivity index (χ3v) is 3.58. The maximum atomic E-state index is 12.2. The fourth-order valence-corrected chi connectivity index (χ4v) is 2.49. The molecular weight excluding hydrogens is 292 g/mol. The number of aromatic amines is 1. The van der Waals surface area contributed by atoms with Gasteiger partial charge in [-0.3, -0.25) is 9.59 Å². The first kappa shape index (κ1) is 16.0.